The highest BCUT2D eigenvalue weighted by Crippen LogP contribution is 2.15. The summed E-state index contributed by atoms with van der Waals surface area (Å²) >= 11 is 0. The molecular formula is C28H54O4. The number of hydrogen-bond donors (Lipinski definition) is 1. The van der Waals surface area contributed by atoms with Crippen LogP contribution in [0.25, 0.3) is 0 Å². The van der Waals surface area contributed by atoms with Crippen LogP contribution >= 0.6 is 0 Å². The van der Waals surface area contributed by atoms with Crippen LogP contribution in [0, 0.1) is 0 Å². The highest BCUT2D eigenvalue weighted by Gasteiger charge is 2.05. The monoisotopic (exact) mass is 454 g/mol. The molecule has 1 N–H and O–H groups in total. The van der Waals surface area contributed by atoms with Crippen LogP contribution in [0.2, 0.25) is 0 Å². The first-order valence-electron chi connectivity index (χ1n) is 14.0. The molecule has 0 radical (unpaired) electrons. The van der Waals surface area contributed by atoms with Gasteiger partial charge in [-0.1, -0.05) is 148 Å². The van der Waals surface area contributed by atoms with Crippen molar-refractivity contribution in [1.82, 2.24) is 0 Å². The fraction of sp³-hybridized carbons (Fsp3) is 0.929. The zero-order valence-electron chi connectivity index (χ0n) is 21.3. The fourth-order valence-corrected chi connectivity index (χ4v) is 4.27. The third-order valence-electron chi connectivity index (χ3n) is 6.34. The van der Waals surface area contributed by atoms with E-state index in [-0.39, 0.29) is 0 Å². The molecule has 0 aromatic heterocycles. The second-order valence-electron chi connectivity index (χ2n) is 9.58. The first kappa shape index (κ1) is 30.9. The lowest BCUT2D eigenvalue weighted by Crippen LogP contribution is -2.12. The van der Waals surface area contributed by atoms with Crippen LogP contribution in [0.5, 0.6) is 0 Å². The van der Waals surface area contributed by atoms with Crippen LogP contribution in [0.4, 0.5) is 0 Å². The van der Waals surface area contributed by atoms with Gasteiger partial charge in [0.25, 0.3) is 0 Å². The smallest absolute Gasteiger partial charge is 0.341 e. The lowest BCUT2D eigenvalue weighted by Gasteiger charge is -2.04. The van der Waals surface area contributed by atoms with Gasteiger partial charge in [0.15, 0.2) is 6.61 Å². The number of carbonyl (C=O) groups excluding carboxylic acids is 1. The van der Waals surface area contributed by atoms with Gasteiger partial charge in [-0.15, -0.1) is 0 Å². The van der Waals surface area contributed by atoms with Gasteiger partial charge in [0.05, 0.1) is 0 Å². The molecule has 0 unspecified atom stereocenters. The minimum atomic E-state index is -1.09. The molecule has 0 heterocycles. The first-order valence-corrected chi connectivity index (χ1v) is 14.0. The maximum atomic E-state index is 11.3. The lowest BCUT2D eigenvalue weighted by atomic mass is 10.0. The molecule has 0 aliphatic rings. The van der Waals surface area contributed by atoms with Crippen molar-refractivity contribution in [1.29, 1.82) is 0 Å². The number of esters is 1. The first-order chi connectivity index (χ1) is 15.7. The highest BCUT2D eigenvalue weighted by atomic mass is 16.5. The molecule has 0 amide bonds. The van der Waals surface area contributed by atoms with E-state index in [9.17, 15) is 9.59 Å². The van der Waals surface area contributed by atoms with Crippen LogP contribution in [0.1, 0.15) is 161 Å². The average molecular weight is 455 g/mol. The van der Waals surface area contributed by atoms with Gasteiger partial charge in [-0.05, 0) is 6.42 Å². The second kappa shape index (κ2) is 26.2. The fourth-order valence-electron chi connectivity index (χ4n) is 4.27. The second-order valence-corrected chi connectivity index (χ2v) is 9.58. The number of carboxylic acids is 1. The van der Waals surface area contributed by atoms with E-state index < -0.39 is 18.5 Å². The maximum absolute atomic E-state index is 11.3. The van der Waals surface area contributed by atoms with Crippen LogP contribution in [-0.4, -0.2) is 23.7 Å². The molecular weight excluding hydrogens is 400 g/mol. The Morgan fingerprint density at radius 1 is 0.500 bits per heavy atom. The maximum Gasteiger partial charge on any atom is 0.341 e. The molecule has 190 valence electrons. The van der Waals surface area contributed by atoms with E-state index in [1.807, 2.05) is 0 Å². The zero-order chi connectivity index (χ0) is 23.5. The minimum absolute atomic E-state index is 0.340. The van der Waals surface area contributed by atoms with Crippen LogP contribution in [0.15, 0.2) is 0 Å². The van der Waals surface area contributed by atoms with Gasteiger partial charge < -0.3 is 9.84 Å². The third-order valence-corrected chi connectivity index (χ3v) is 6.34. The van der Waals surface area contributed by atoms with Gasteiger partial charge in [0.1, 0.15) is 0 Å². The molecule has 0 aromatic rings. The Labute approximate surface area is 199 Å². The van der Waals surface area contributed by atoms with Crippen molar-refractivity contribution in [3.05, 3.63) is 0 Å². The van der Waals surface area contributed by atoms with Crippen molar-refractivity contribution in [2.45, 2.75) is 161 Å². The van der Waals surface area contributed by atoms with E-state index in [2.05, 4.69) is 11.7 Å². The summed E-state index contributed by atoms with van der Waals surface area (Å²) in [6.45, 7) is 1.77. The molecule has 4 nitrogen and oxygen atoms in total. The van der Waals surface area contributed by atoms with E-state index in [4.69, 9.17) is 5.11 Å². The largest absolute Gasteiger partial charge is 0.479 e. The SMILES string of the molecule is CCCCCCCCCCCCCCCCCCCCCCCCCC(=O)OCC(=O)O. The van der Waals surface area contributed by atoms with E-state index in [0.717, 1.165) is 19.3 Å². The summed E-state index contributed by atoms with van der Waals surface area (Å²) in [5, 5.41) is 8.44. The Hall–Kier alpha value is -1.06. The Morgan fingerprint density at radius 3 is 1.06 bits per heavy atom. The standard InChI is InChI=1S/C28H54O4/c1-2-3-4-5-6-7-8-9-10-11-12-13-14-15-16-17-18-19-20-21-22-23-24-25-28(31)32-26-27(29)30/h2-26H2,1H3,(H,29,30). The molecule has 0 rings (SSSR count). The predicted molar refractivity (Wildman–Crippen MR) is 135 cm³/mol. The number of carboxylic acid groups (broad SMARTS) is 1. The Bertz CT molecular complexity index is 408. The molecule has 0 spiro atoms. The number of rotatable bonds is 26. The summed E-state index contributed by atoms with van der Waals surface area (Å²) in [6.07, 6.45) is 31.4. The van der Waals surface area contributed by atoms with Crippen molar-refractivity contribution in [3.63, 3.8) is 0 Å². The quantitative estimate of drug-likeness (QED) is 0.105. The van der Waals surface area contributed by atoms with Crippen molar-refractivity contribution in [2.75, 3.05) is 6.61 Å². The molecule has 32 heavy (non-hydrogen) atoms. The number of ether oxygens (including phenoxy) is 1. The summed E-state index contributed by atoms with van der Waals surface area (Å²) in [4.78, 5) is 21.6. The van der Waals surface area contributed by atoms with E-state index >= 15 is 0 Å². The molecule has 0 bridgehead atoms. The van der Waals surface area contributed by atoms with Crippen LogP contribution in [0.3, 0.4) is 0 Å². The minimum Gasteiger partial charge on any atom is -0.479 e. The van der Waals surface area contributed by atoms with Crippen molar-refractivity contribution in [2.24, 2.45) is 0 Å². The van der Waals surface area contributed by atoms with Gasteiger partial charge >= 0.3 is 11.9 Å². The zero-order valence-corrected chi connectivity index (χ0v) is 21.3. The van der Waals surface area contributed by atoms with Crippen molar-refractivity contribution >= 4 is 11.9 Å². The topological polar surface area (TPSA) is 63.6 Å². The van der Waals surface area contributed by atoms with Gasteiger partial charge in [-0.25, -0.2) is 4.79 Å². The van der Waals surface area contributed by atoms with E-state index in [0.29, 0.717) is 6.42 Å². The Balaban J connectivity index is 3.08. The number of unbranched alkanes of at least 4 members (excludes halogenated alkanes) is 22. The lowest BCUT2D eigenvalue weighted by molar-refractivity contribution is -0.155. The average Bonchev–Trinajstić information content (AvgIpc) is 2.78. The van der Waals surface area contributed by atoms with Crippen molar-refractivity contribution < 1.29 is 19.4 Å². The summed E-state index contributed by atoms with van der Waals surface area (Å²) in [6, 6.07) is 0. The van der Waals surface area contributed by atoms with Gasteiger partial charge in [-0.3, -0.25) is 4.79 Å². The van der Waals surface area contributed by atoms with E-state index in [1.165, 1.54) is 128 Å². The molecule has 0 saturated heterocycles. The summed E-state index contributed by atoms with van der Waals surface area (Å²) < 4.78 is 4.61. The Morgan fingerprint density at radius 2 is 0.781 bits per heavy atom. The molecule has 0 saturated carbocycles. The molecule has 0 aliphatic heterocycles. The van der Waals surface area contributed by atoms with Gasteiger partial charge in [-0.2, -0.15) is 0 Å². The highest BCUT2D eigenvalue weighted by molar-refractivity contribution is 5.75. The molecule has 4 heteroatoms. The Kier molecular flexibility index (Phi) is 25.3. The van der Waals surface area contributed by atoms with Gasteiger partial charge in [0, 0.05) is 6.42 Å². The normalized spacial score (nSPS) is 11.0. The number of carbonyl (C=O) groups is 2. The summed E-state index contributed by atoms with van der Waals surface area (Å²) in [5.74, 6) is -1.49. The van der Waals surface area contributed by atoms with Crippen LogP contribution < -0.4 is 0 Å². The number of aliphatic carboxylic acids is 1. The summed E-state index contributed by atoms with van der Waals surface area (Å²) in [5.41, 5.74) is 0. The molecule has 0 aromatic carbocycles. The van der Waals surface area contributed by atoms with Crippen LogP contribution in [-0.2, 0) is 14.3 Å². The third kappa shape index (κ3) is 27.0. The molecule has 0 atom stereocenters. The molecule has 0 aliphatic carbocycles. The van der Waals surface area contributed by atoms with Gasteiger partial charge in [0.2, 0.25) is 0 Å². The molecule has 0 fully saturated rings. The summed E-state index contributed by atoms with van der Waals surface area (Å²) in [7, 11) is 0. The van der Waals surface area contributed by atoms with E-state index in [1.54, 1.807) is 0 Å². The van der Waals surface area contributed by atoms with Crippen molar-refractivity contribution in [3.8, 4) is 0 Å². The number of hydrogen-bond acceptors (Lipinski definition) is 3. The predicted octanol–water partition coefficient (Wildman–Crippen LogP) is 9.00.